The number of H-pyrrole nitrogens is 1. The summed E-state index contributed by atoms with van der Waals surface area (Å²) in [6, 6.07) is 8.65. The van der Waals surface area contributed by atoms with Crippen LogP contribution in [-0.4, -0.2) is 4.98 Å². The fourth-order valence-electron chi connectivity index (χ4n) is 1.48. The minimum Gasteiger partial charge on any atom is -0.250 e. The van der Waals surface area contributed by atoms with Crippen molar-refractivity contribution >= 4 is 0 Å². The molecule has 1 aromatic heterocycles. The van der Waals surface area contributed by atoms with Crippen LogP contribution in [0.4, 0.5) is 0 Å². The summed E-state index contributed by atoms with van der Waals surface area (Å²) in [4.78, 5) is 3.03. The maximum atomic E-state index is 3.03. The van der Waals surface area contributed by atoms with Gasteiger partial charge in [0.15, 0.2) is 0 Å². The van der Waals surface area contributed by atoms with Gasteiger partial charge in [0.1, 0.15) is 18.1 Å². The smallest absolute Gasteiger partial charge is 0.246 e. The second-order valence-electron chi connectivity index (χ2n) is 3.77. The van der Waals surface area contributed by atoms with E-state index in [-0.39, 0.29) is 0 Å². The van der Waals surface area contributed by atoms with Crippen molar-refractivity contribution in [1.82, 2.24) is 4.98 Å². The number of hydrogen-bond donors (Lipinski definition) is 1. The van der Waals surface area contributed by atoms with Gasteiger partial charge in [-0.2, -0.15) is 0 Å². The molecule has 0 spiro atoms. The van der Waals surface area contributed by atoms with E-state index in [1.54, 1.807) is 0 Å². The van der Waals surface area contributed by atoms with Gasteiger partial charge in [-0.1, -0.05) is 26.0 Å². The minimum absolute atomic E-state index is 0.597. The third-order valence-corrected chi connectivity index (χ3v) is 2.40. The van der Waals surface area contributed by atoms with Crippen LogP contribution in [0.2, 0.25) is 0 Å². The highest BCUT2D eigenvalue weighted by atomic mass is 15.0. The molecule has 1 heterocycles. The van der Waals surface area contributed by atoms with Crippen molar-refractivity contribution < 1.29 is 4.57 Å². The van der Waals surface area contributed by atoms with Gasteiger partial charge in [-0.25, -0.2) is 9.55 Å². The van der Waals surface area contributed by atoms with E-state index in [1.807, 2.05) is 18.7 Å². The van der Waals surface area contributed by atoms with E-state index in [9.17, 15) is 0 Å². The van der Waals surface area contributed by atoms with Gasteiger partial charge in [0, 0.05) is 0 Å². The van der Waals surface area contributed by atoms with Crippen LogP contribution in [0.1, 0.15) is 25.3 Å². The lowest BCUT2D eigenvalue weighted by Gasteiger charge is -2.04. The summed E-state index contributed by atoms with van der Waals surface area (Å²) >= 11 is 0. The molecule has 72 valence electrons. The number of rotatable bonds is 2. The van der Waals surface area contributed by atoms with E-state index in [2.05, 4.69) is 47.7 Å². The molecule has 2 rings (SSSR count). The summed E-state index contributed by atoms with van der Waals surface area (Å²) in [7, 11) is 0. The van der Waals surface area contributed by atoms with E-state index in [1.165, 1.54) is 11.3 Å². The average Bonchev–Trinajstić information content (AvgIpc) is 2.71. The number of aromatic amines is 1. The molecule has 0 fully saturated rings. The van der Waals surface area contributed by atoms with Crippen LogP contribution < -0.4 is 4.57 Å². The molecule has 1 N–H and O–H groups in total. The van der Waals surface area contributed by atoms with Crippen molar-refractivity contribution in [2.24, 2.45) is 0 Å². The zero-order valence-electron chi connectivity index (χ0n) is 8.57. The molecule has 0 amide bonds. The van der Waals surface area contributed by atoms with Gasteiger partial charge in [-0.3, -0.25) is 0 Å². The highest BCUT2D eigenvalue weighted by molar-refractivity contribution is 5.28. The van der Waals surface area contributed by atoms with Crippen LogP contribution in [0.25, 0.3) is 5.69 Å². The molecule has 0 bridgehead atoms. The summed E-state index contributed by atoms with van der Waals surface area (Å²) < 4.78 is 2.06. The SMILES string of the molecule is CC(C)c1ccc(-[n+]2cc[nH]c2)cc1. The summed E-state index contributed by atoms with van der Waals surface area (Å²) in [6.07, 6.45) is 5.85. The van der Waals surface area contributed by atoms with Crippen molar-refractivity contribution in [2.45, 2.75) is 19.8 Å². The summed E-state index contributed by atoms with van der Waals surface area (Å²) in [5.74, 6) is 0.597. The first-order valence-electron chi connectivity index (χ1n) is 4.92. The van der Waals surface area contributed by atoms with E-state index in [0.717, 1.165) is 0 Å². The van der Waals surface area contributed by atoms with Crippen LogP contribution in [0.15, 0.2) is 43.0 Å². The average molecular weight is 187 g/mol. The standard InChI is InChI=1S/C12H14N2/c1-10(2)11-3-5-12(6-4-11)14-8-7-13-9-14/h3-10H,1-2H3/p+1. The second kappa shape index (κ2) is 3.66. The lowest BCUT2D eigenvalue weighted by atomic mass is 10.0. The summed E-state index contributed by atoms with van der Waals surface area (Å²) in [5.41, 5.74) is 2.57. The molecule has 14 heavy (non-hydrogen) atoms. The third-order valence-electron chi connectivity index (χ3n) is 2.40. The largest absolute Gasteiger partial charge is 0.250 e. The Morgan fingerprint density at radius 2 is 1.86 bits per heavy atom. The van der Waals surface area contributed by atoms with E-state index in [0.29, 0.717) is 5.92 Å². The van der Waals surface area contributed by atoms with E-state index < -0.39 is 0 Å². The van der Waals surface area contributed by atoms with E-state index in [4.69, 9.17) is 0 Å². The first-order valence-corrected chi connectivity index (χ1v) is 4.92. The van der Waals surface area contributed by atoms with Gasteiger partial charge in [0.25, 0.3) is 0 Å². The number of benzene rings is 1. The molecule has 0 radical (unpaired) electrons. The van der Waals surface area contributed by atoms with Crippen molar-refractivity contribution in [3.63, 3.8) is 0 Å². The van der Waals surface area contributed by atoms with Crippen molar-refractivity contribution in [3.8, 4) is 5.69 Å². The molecule has 0 aliphatic rings. The fraction of sp³-hybridized carbons (Fsp3) is 0.250. The van der Waals surface area contributed by atoms with Crippen LogP contribution in [0.5, 0.6) is 0 Å². The van der Waals surface area contributed by atoms with Crippen molar-refractivity contribution in [3.05, 3.63) is 48.5 Å². The Morgan fingerprint density at radius 3 is 2.36 bits per heavy atom. The predicted octanol–water partition coefficient (Wildman–Crippen LogP) is 2.41. The first kappa shape index (κ1) is 9.00. The Kier molecular flexibility index (Phi) is 2.35. The summed E-state index contributed by atoms with van der Waals surface area (Å²) in [6.45, 7) is 4.41. The third kappa shape index (κ3) is 1.69. The Morgan fingerprint density at radius 1 is 1.14 bits per heavy atom. The van der Waals surface area contributed by atoms with E-state index >= 15 is 0 Å². The molecular weight excluding hydrogens is 172 g/mol. The van der Waals surface area contributed by atoms with Gasteiger partial charge >= 0.3 is 0 Å². The molecule has 0 unspecified atom stereocenters. The van der Waals surface area contributed by atoms with Gasteiger partial charge in [-0.05, 0) is 23.6 Å². The first-order chi connectivity index (χ1) is 6.77. The maximum Gasteiger partial charge on any atom is 0.246 e. The Balaban J connectivity index is 2.31. The molecule has 2 heteroatoms. The number of nitrogens with one attached hydrogen (secondary N) is 1. The number of nitrogens with zero attached hydrogens (tertiary/aromatic N) is 1. The monoisotopic (exact) mass is 187 g/mol. The number of hydrogen-bond acceptors (Lipinski definition) is 0. The van der Waals surface area contributed by atoms with Gasteiger partial charge < -0.3 is 0 Å². The highest BCUT2D eigenvalue weighted by Crippen LogP contribution is 2.14. The zero-order chi connectivity index (χ0) is 9.97. The summed E-state index contributed by atoms with van der Waals surface area (Å²) in [5, 5.41) is 0. The molecule has 1 aromatic carbocycles. The lowest BCUT2D eigenvalue weighted by molar-refractivity contribution is -0.594. The topological polar surface area (TPSA) is 19.7 Å². The van der Waals surface area contributed by atoms with Gasteiger partial charge in [0.05, 0.1) is 0 Å². The molecule has 0 atom stereocenters. The van der Waals surface area contributed by atoms with Crippen LogP contribution in [0.3, 0.4) is 0 Å². The Labute approximate surface area is 84.2 Å². The van der Waals surface area contributed by atoms with Gasteiger partial charge in [-0.15, -0.1) is 0 Å². The van der Waals surface area contributed by atoms with Crippen LogP contribution in [0, 0.1) is 0 Å². The lowest BCUT2D eigenvalue weighted by Crippen LogP contribution is -2.26. The second-order valence-corrected chi connectivity index (χ2v) is 3.77. The van der Waals surface area contributed by atoms with Gasteiger partial charge in [0.2, 0.25) is 6.33 Å². The molecule has 0 saturated carbocycles. The predicted molar refractivity (Wildman–Crippen MR) is 56.4 cm³/mol. The molecule has 2 aromatic rings. The zero-order valence-corrected chi connectivity index (χ0v) is 8.57. The minimum atomic E-state index is 0.597. The van der Waals surface area contributed by atoms with Crippen molar-refractivity contribution in [1.29, 1.82) is 0 Å². The Bertz CT molecular complexity index is 385. The fourth-order valence-corrected chi connectivity index (χ4v) is 1.48. The van der Waals surface area contributed by atoms with Crippen molar-refractivity contribution in [2.75, 3.05) is 0 Å². The highest BCUT2D eigenvalue weighted by Gasteiger charge is 2.03. The van der Waals surface area contributed by atoms with Crippen LogP contribution in [-0.2, 0) is 0 Å². The number of aromatic nitrogens is 2. The maximum absolute atomic E-state index is 3.03. The molecule has 0 aliphatic carbocycles. The normalized spacial score (nSPS) is 10.8. The molecule has 0 saturated heterocycles. The quantitative estimate of drug-likeness (QED) is 0.697. The Hall–Kier alpha value is -1.57. The number of imidazole rings is 1. The molecular formula is C12H15N2+. The molecule has 2 nitrogen and oxygen atoms in total. The molecule has 0 aliphatic heterocycles. The van der Waals surface area contributed by atoms with Crippen LogP contribution >= 0.6 is 0 Å².